The van der Waals surface area contributed by atoms with Gasteiger partial charge in [-0.2, -0.15) is 0 Å². The Bertz CT molecular complexity index is 990. The highest BCUT2D eigenvalue weighted by Gasteiger charge is 2.19. The van der Waals surface area contributed by atoms with Crippen LogP contribution in [0.3, 0.4) is 0 Å². The van der Waals surface area contributed by atoms with Crippen molar-refractivity contribution in [3.8, 4) is 11.1 Å². The van der Waals surface area contributed by atoms with E-state index < -0.39 is 0 Å². The third-order valence-electron chi connectivity index (χ3n) is 6.34. The van der Waals surface area contributed by atoms with Crippen LogP contribution >= 0.6 is 0 Å². The molecule has 0 unspecified atom stereocenters. The smallest absolute Gasteiger partial charge is 0.230 e. The van der Waals surface area contributed by atoms with Crippen LogP contribution in [0.15, 0.2) is 54.9 Å². The summed E-state index contributed by atoms with van der Waals surface area (Å²) in [6.07, 6.45) is 8.90. The van der Waals surface area contributed by atoms with Gasteiger partial charge in [0.25, 0.3) is 0 Å². The second-order valence-corrected chi connectivity index (χ2v) is 8.47. The number of carbonyl (C=O) groups excluding carboxylic acids is 1. The van der Waals surface area contributed by atoms with Gasteiger partial charge in [-0.3, -0.25) is 9.36 Å². The van der Waals surface area contributed by atoms with Crippen molar-refractivity contribution in [1.29, 1.82) is 0 Å². The molecule has 0 spiro atoms. The fourth-order valence-corrected chi connectivity index (χ4v) is 4.42. The van der Waals surface area contributed by atoms with Crippen LogP contribution in [0.25, 0.3) is 21.9 Å². The Kier molecular flexibility index (Phi) is 6.66. The maximum atomic E-state index is 12.4. The summed E-state index contributed by atoms with van der Waals surface area (Å²) >= 11 is 0. The van der Waals surface area contributed by atoms with Crippen LogP contribution in [-0.4, -0.2) is 48.2 Å². The Morgan fingerprint density at radius 3 is 2.57 bits per heavy atom. The molecular weight excluding hydrogens is 372 g/mol. The Balaban J connectivity index is 1.43. The zero-order valence-electron chi connectivity index (χ0n) is 18.1. The van der Waals surface area contributed by atoms with E-state index in [2.05, 4.69) is 54.3 Å². The SMILES string of the molecule is COCCCC(=O)n1cc2ccc(-c3ccc(CCN4CCC[C@H]4C)cc3)cc2c1. The van der Waals surface area contributed by atoms with Crippen LogP contribution in [0.1, 0.15) is 43.0 Å². The lowest BCUT2D eigenvalue weighted by Crippen LogP contribution is -2.28. The fourth-order valence-electron chi connectivity index (χ4n) is 4.42. The molecule has 3 aromatic rings. The van der Waals surface area contributed by atoms with E-state index in [0.717, 1.165) is 36.2 Å². The standard InChI is InChI=1S/C26H32N2O2/c1-20-5-3-14-27(20)15-13-21-7-9-22(10-8-21)23-11-12-24-18-28(19-25(24)17-23)26(29)6-4-16-30-2/h7-12,17-20H,3-6,13-16H2,1-2H3/t20-/m1/s1. The van der Waals surface area contributed by atoms with E-state index >= 15 is 0 Å². The van der Waals surface area contributed by atoms with Gasteiger partial charge in [0.1, 0.15) is 0 Å². The highest BCUT2D eigenvalue weighted by Crippen LogP contribution is 2.26. The first-order chi connectivity index (χ1) is 14.6. The van der Waals surface area contributed by atoms with Gasteiger partial charge in [0.2, 0.25) is 5.91 Å². The number of hydrogen-bond donors (Lipinski definition) is 0. The molecule has 0 saturated carbocycles. The van der Waals surface area contributed by atoms with E-state index in [9.17, 15) is 4.79 Å². The average molecular weight is 405 g/mol. The van der Waals surface area contributed by atoms with Gasteiger partial charge >= 0.3 is 0 Å². The van der Waals surface area contributed by atoms with Gasteiger partial charge in [0.05, 0.1) is 0 Å². The van der Waals surface area contributed by atoms with Crippen molar-refractivity contribution in [2.75, 3.05) is 26.8 Å². The predicted molar refractivity (Wildman–Crippen MR) is 123 cm³/mol. The van der Waals surface area contributed by atoms with E-state index in [1.54, 1.807) is 11.7 Å². The molecule has 1 fully saturated rings. The molecule has 1 saturated heterocycles. The normalized spacial score (nSPS) is 17.1. The van der Waals surface area contributed by atoms with Crippen LogP contribution in [0.4, 0.5) is 0 Å². The van der Waals surface area contributed by atoms with Gasteiger partial charge in [-0.05, 0) is 67.3 Å². The first-order valence-electron chi connectivity index (χ1n) is 11.1. The van der Waals surface area contributed by atoms with Crippen molar-refractivity contribution in [3.05, 3.63) is 60.4 Å². The van der Waals surface area contributed by atoms with E-state index in [-0.39, 0.29) is 5.91 Å². The first-order valence-corrected chi connectivity index (χ1v) is 11.1. The summed E-state index contributed by atoms with van der Waals surface area (Å²) in [4.78, 5) is 15.0. The summed E-state index contributed by atoms with van der Waals surface area (Å²) in [5.41, 5.74) is 3.80. The minimum absolute atomic E-state index is 0.112. The van der Waals surface area contributed by atoms with Crippen LogP contribution in [-0.2, 0) is 11.2 Å². The second kappa shape index (κ2) is 9.59. The lowest BCUT2D eigenvalue weighted by atomic mass is 10.0. The molecule has 1 aromatic heterocycles. The number of ether oxygens (including phenoxy) is 1. The van der Waals surface area contributed by atoms with Crippen molar-refractivity contribution in [2.45, 2.75) is 45.1 Å². The molecule has 2 heterocycles. The largest absolute Gasteiger partial charge is 0.385 e. The molecule has 0 amide bonds. The Hall–Kier alpha value is -2.43. The molecule has 158 valence electrons. The number of fused-ring (bicyclic) bond motifs is 1. The molecule has 0 N–H and O–H groups in total. The molecule has 2 aromatic carbocycles. The quantitative estimate of drug-likeness (QED) is 0.471. The third-order valence-corrected chi connectivity index (χ3v) is 6.34. The number of likely N-dealkylation sites (tertiary alicyclic amines) is 1. The molecule has 4 heteroatoms. The topological polar surface area (TPSA) is 34.5 Å². The molecule has 0 bridgehead atoms. The zero-order valence-corrected chi connectivity index (χ0v) is 18.1. The van der Waals surface area contributed by atoms with Gasteiger partial charge in [0, 0.05) is 50.5 Å². The Labute approximate surface area is 179 Å². The summed E-state index contributed by atoms with van der Waals surface area (Å²) in [6, 6.07) is 16.1. The molecule has 1 atom stereocenters. The molecule has 30 heavy (non-hydrogen) atoms. The summed E-state index contributed by atoms with van der Waals surface area (Å²) < 4.78 is 6.76. The van der Waals surface area contributed by atoms with Gasteiger partial charge in [-0.25, -0.2) is 0 Å². The fraction of sp³-hybridized carbons (Fsp3) is 0.423. The van der Waals surface area contributed by atoms with Crippen LogP contribution in [0, 0.1) is 0 Å². The van der Waals surface area contributed by atoms with Gasteiger partial charge < -0.3 is 9.64 Å². The molecular formula is C26H32N2O2. The van der Waals surface area contributed by atoms with Crippen LogP contribution in [0.5, 0.6) is 0 Å². The number of methoxy groups -OCH3 is 1. The monoisotopic (exact) mass is 404 g/mol. The zero-order chi connectivity index (χ0) is 20.9. The summed E-state index contributed by atoms with van der Waals surface area (Å²) in [5.74, 6) is 0.112. The number of nitrogens with zero attached hydrogens (tertiary/aromatic N) is 2. The van der Waals surface area contributed by atoms with Gasteiger partial charge in [-0.1, -0.05) is 36.4 Å². The number of rotatable bonds is 8. The molecule has 1 aliphatic heterocycles. The second-order valence-electron chi connectivity index (χ2n) is 8.47. The molecule has 0 aliphatic carbocycles. The minimum atomic E-state index is 0.112. The van der Waals surface area contributed by atoms with Crippen LogP contribution in [0.2, 0.25) is 0 Å². The van der Waals surface area contributed by atoms with E-state index in [1.807, 2.05) is 12.4 Å². The number of aromatic nitrogens is 1. The van der Waals surface area contributed by atoms with Crippen molar-refractivity contribution < 1.29 is 9.53 Å². The minimum Gasteiger partial charge on any atom is -0.385 e. The number of benzene rings is 2. The summed E-state index contributed by atoms with van der Waals surface area (Å²) in [7, 11) is 1.66. The lowest BCUT2D eigenvalue weighted by molar-refractivity contribution is 0.0884. The van der Waals surface area contributed by atoms with Crippen molar-refractivity contribution in [2.24, 2.45) is 0 Å². The molecule has 1 aliphatic rings. The summed E-state index contributed by atoms with van der Waals surface area (Å²) in [6.45, 7) is 5.35. The maximum absolute atomic E-state index is 12.4. The highest BCUT2D eigenvalue weighted by atomic mass is 16.5. The molecule has 4 nitrogen and oxygen atoms in total. The van der Waals surface area contributed by atoms with E-state index in [0.29, 0.717) is 13.0 Å². The Morgan fingerprint density at radius 1 is 1.07 bits per heavy atom. The highest BCUT2D eigenvalue weighted by molar-refractivity contribution is 5.91. The molecule has 4 rings (SSSR count). The van der Waals surface area contributed by atoms with Crippen LogP contribution < -0.4 is 0 Å². The van der Waals surface area contributed by atoms with Crippen molar-refractivity contribution >= 4 is 16.7 Å². The lowest BCUT2D eigenvalue weighted by Gasteiger charge is -2.20. The number of carbonyl (C=O) groups is 1. The molecule has 0 radical (unpaired) electrons. The van der Waals surface area contributed by atoms with E-state index in [4.69, 9.17) is 4.74 Å². The average Bonchev–Trinajstić information content (AvgIpc) is 3.38. The van der Waals surface area contributed by atoms with E-state index in [1.165, 1.54) is 36.1 Å². The Morgan fingerprint density at radius 2 is 1.83 bits per heavy atom. The number of hydrogen-bond acceptors (Lipinski definition) is 3. The predicted octanol–water partition coefficient (Wildman–Crippen LogP) is 5.40. The third kappa shape index (κ3) is 4.82. The van der Waals surface area contributed by atoms with Gasteiger partial charge in [0.15, 0.2) is 0 Å². The van der Waals surface area contributed by atoms with Gasteiger partial charge in [-0.15, -0.1) is 0 Å². The first kappa shape index (κ1) is 20.8. The van der Waals surface area contributed by atoms with Crippen molar-refractivity contribution in [3.63, 3.8) is 0 Å². The van der Waals surface area contributed by atoms with Crippen molar-refractivity contribution in [1.82, 2.24) is 9.47 Å². The maximum Gasteiger partial charge on any atom is 0.230 e. The summed E-state index contributed by atoms with van der Waals surface area (Å²) in [5, 5.41) is 2.19.